The van der Waals surface area contributed by atoms with E-state index in [0.717, 1.165) is 17.6 Å². The van der Waals surface area contributed by atoms with E-state index in [1.165, 1.54) is 21.9 Å². The fourth-order valence-electron chi connectivity index (χ4n) is 2.92. The third kappa shape index (κ3) is 2.13. The molecule has 0 bridgehead atoms. The molecule has 0 saturated heterocycles. The van der Waals surface area contributed by atoms with E-state index < -0.39 is 0 Å². The van der Waals surface area contributed by atoms with E-state index in [1.807, 2.05) is 36.4 Å². The Morgan fingerprint density at radius 1 is 0.955 bits per heavy atom. The Bertz CT molecular complexity index is 927. The van der Waals surface area contributed by atoms with Gasteiger partial charge in [0.15, 0.2) is 0 Å². The smallest absolute Gasteiger partial charge is 0.139 e. The van der Waals surface area contributed by atoms with Crippen LogP contribution in [-0.2, 0) is 6.42 Å². The van der Waals surface area contributed by atoms with Crippen molar-refractivity contribution < 1.29 is 4.42 Å². The average Bonchev–Trinajstić information content (AvgIpc) is 2.92. The predicted molar refractivity (Wildman–Crippen MR) is 92.5 cm³/mol. The average molecular weight is 287 g/mol. The van der Waals surface area contributed by atoms with Crippen molar-refractivity contribution in [3.8, 4) is 0 Å². The highest BCUT2D eigenvalue weighted by atomic mass is 16.3. The van der Waals surface area contributed by atoms with Gasteiger partial charge in [-0.25, -0.2) is 0 Å². The Kier molecular flexibility index (Phi) is 3.08. The van der Waals surface area contributed by atoms with Crippen molar-refractivity contribution >= 4 is 28.0 Å². The van der Waals surface area contributed by atoms with Crippen LogP contribution in [0.5, 0.6) is 0 Å². The van der Waals surface area contributed by atoms with E-state index in [0.29, 0.717) is 0 Å². The molecule has 22 heavy (non-hydrogen) atoms. The maximum atomic E-state index is 6.15. The number of benzene rings is 2. The lowest BCUT2D eigenvalue weighted by molar-refractivity contribution is 0.630. The molecule has 0 amide bonds. The highest BCUT2D eigenvalue weighted by Gasteiger charge is 2.12. The van der Waals surface area contributed by atoms with Gasteiger partial charge in [-0.2, -0.15) is 0 Å². The number of furan rings is 1. The molecule has 2 nitrogen and oxygen atoms in total. The Hall–Kier alpha value is -2.74. The van der Waals surface area contributed by atoms with Crippen molar-refractivity contribution in [3.05, 3.63) is 78.2 Å². The van der Waals surface area contributed by atoms with Gasteiger partial charge in [-0.1, -0.05) is 36.4 Å². The zero-order chi connectivity index (χ0) is 14.9. The van der Waals surface area contributed by atoms with Gasteiger partial charge in [0.2, 0.25) is 0 Å². The van der Waals surface area contributed by atoms with Crippen molar-refractivity contribution in [3.63, 3.8) is 0 Å². The van der Waals surface area contributed by atoms with Crippen LogP contribution in [0.2, 0.25) is 0 Å². The molecule has 1 aromatic heterocycles. The van der Waals surface area contributed by atoms with Crippen LogP contribution in [0.1, 0.15) is 11.1 Å². The number of fused-ring (bicyclic) bond motifs is 5. The summed E-state index contributed by atoms with van der Waals surface area (Å²) in [5.41, 5.74) is 4.40. The molecule has 2 heterocycles. The lowest BCUT2D eigenvalue weighted by Crippen LogP contribution is -2.00. The van der Waals surface area contributed by atoms with Gasteiger partial charge >= 0.3 is 0 Å². The third-order valence-corrected chi connectivity index (χ3v) is 4.07. The summed E-state index contributed by atoms with van der Waals surface area (Å²) >= 11 is 0. The van der Waals surface area contributed by atoms with Crippen LogP contribution in [0.4, 0.5) is 0 Å². The quantitative estimate of drug-likeness (QED) is 0.571. The first-order chi connectivity index (χ1) is 10.8. The summed E-state index contributed by atoms with van der Waals surface area (Å²) in [7, 11) is 2.03. The fraction of sp³-hybridized carbons (Fsp3) is 0.100. The number of allylic oxidation sites excluding steroid dienone is 3. The minimum absolute atomic E-state index is 0.866. The zero-order valence-corrected chi connectivity index (χ0v) is 12.5. The molecule has 0 N–H and O–H groups in total. The van der Waals surface area contributed by atoms with Gasteiger partial charge in [-0.05, 0) is 36.3 Å². The summed E-state index contributed by atoms with van der Waals surface area (Å²) in [5, 5.41) is 2.37. The number of para-hydroxylation sites is 1. The number of hydrogen-bond donors (Lipinski definition) is 0. The summed E-state index contributed by atoms with van der Waals surface area (Å²) < 4.78 is 6.15. The van der Waals surface area contributed by atoms with Crippen LogP contribution < -0.4 is 0 Å². The van der Waals surface area contributed by atoms with Crippen LogP contribution in [0.15, 0.2) is 71.4 Å². The molecule has 2 aromatic carbocycles. The first kappa shape index (κ1) is 13.0. The highest BCUT2D eigenvalue weighted by molar-refractivity contribution is 6.06. The Balaban J connectivity index is 2.00. The first-order valence-corrected chi connectivity index (χ1v) is 7.49. The minimum atomic E-state index is 0.866. The SMILES string of the molecule is CN1/C=C\C=C/Cc2c(ccc3c2oc2ccccc23)/C=C\1. The van der Waals surface area contributed by atoms with Gasteiger partial charge in [0.25, 0.3) is 0 Å². The normalized spacial score (nSPS) is 19.0. The molecule has 0 spiro atoms. The summed E-state index contributed by atoms with van der Waals surface area (Å²) in [5.74, 6) is 0. The second kappa shape index (κ2) is 5.23. The van der Waals surface area contributed by atoms with Crippen LogP contribution in [0.25, 0.3) is 28.0 Å². The van der Waals surface area contributed by atoms with Crippen LogP contribution >= 0.6 is 0 Å². The predicted octanol–water partition coefficient (Wildman–Crippen LogP) is 5.11. The van der Waals surface area contributed by atoms with Gasteiger partial charge in [-0.15, -0.1) is 0 Å². The Labute approximate surface area is 129 Å². The summed E-state index contributed by atoms with van der Waals surface area (Å²) in [6.07, 6.45) is 13.4. The molecule has 0 saturated carbocycles. The summed E-state index contributed by atoms with van der Waals surface area (Å²) in [6, 6.07) is 12.6. The van der Waals surface area contributed by atoms with Gasteiger partial charge in [0, 0.05) is 35.8 Å². The van der Waals surface area contributed by atoms with Crippen molar-refractivity contribution in [2.45, 2.75) is 6.42 Å². The van der Waals surface area contributed by atoms with Crippen molar-refractivity contribution in [1.82, 2.24) is 4.90 Å². The van der Waals surface area contributed by atoms with E-state index in [1.54, 1.807) is 0 Å². The first-order valence-electron chi connectivity index (χ1n) is 7.49. The zero-order valence-electron chi connectivity index (χ0n) is 12.5. The molecule has 2 heteroatoms. The number of nitrogens with zero attached hydrogens (tertiary/aromatic N) is 1. The van der Waals surface area contributed by atoms with E-state index >= 15 is 0 Å². The highest BCUT2D eigenvalue weighted by Crippen LogP contribution is 2.33. The molecule has 108 valence electrons. The van der Waals surface area contributed by atoms with Crippen LogP contribution in [-0.4, -0.2) is 11.9 Å². The van der Waals surface area contributed by atoms with Gasteiger partial charge in [0.1, 0.15) is 11.2 Å². The number of hydrogen-bond acceptors (Lipinski definition) is 2. The molecule has 0 atom stereocenters. The standard InChI is InChI=1S/C20H17NO/c1-21-13-6-2-3-7-16-15(12-14-21)10-11-18-17-8-4-5-9-19(17)22-20(16)18/h2-6,8-14H,7H2,1H3/b3-2-,13-6-,14-12-. The lowest BCUT2D eigenvalue weighted by Gasteiger charge is -2.10. The van der Waals surface area contributed by atoms with Crippen molar-refractivity contribution in [1.29, 1.82) is 0 Å². The van der Waals surface area contributed by atoms with E-state index in [9.17, 15) is 0 Å². The molecule has 0 aliphatic carbocycles. The third-order valence-electron chi connectivity index (χ3n) is 4.07. The fourth-order valence-corrected chi connectivity index (χ4v) is 2.92. The maximum absolute atomic E-state index is 6.15. The Morgan fingerprint density at radius 3 is 2.82 bits per heavy atom. The van der Waals surface area contributed by atoms with E-state index in [4.69, 9.17) is 4.42 Å². The second-order valence-corrected chi connectivity index (χ2v) is 5.56. The van der Waals surface area contributed by atoms with Gasteiger partial charge in [0.05, 0.1) is 0 Å². The van der Waals surface area contributed by atoms with E-state index in [-0.39, 0.29) is 0 Å². The summed E-state index contributed by atoms with van der Waals surface area (Å²) in [6.45, 7) is 0. The molecule has 1 aliphatic rings. The Morgan fingerprint density at radius 2 is 1.86 bits per heavy atom. The topological polar surface area (TPSA) is 16.4 Å². The molecule has 1 aliphatic heterocycles. The van der Waals surface area contributed by atoms with Crippen molar-refractivity contribution in [2.75, 3.05) is 7.05 Å². The molecule has 3 aromatic rings. The van der Waals surface area contributed by atoms with Gasteiger partial charge in [-0.3, -0.25) is 0 Å². The molecular weight excluding hydrogens is 270 g/mol. The van der Waals surface area contributed by atoms with Gasteiger partial charge < -0.3 is 9.32 Å². The number of rotatable bonds is 0. The maximum Gasteiger partial charge on any atom is 0.139 e. The second-order valence-electron chi connectivity index (χ2n) is 5.56. The molecule has 0 fully saturated rings. The largest absolute Gasteiger partial charge is 0.456 e. The minimum Gasteiger partial charge on any atom is -0.456 e. The molecule has 0 radical (unpaired) electrons. The van der Waals surface area contributed by atoms with Crippen LogP contribution in [0, 0.1) is 0 Å². The summed E-state index contributed by atoms with van der Waals surface area (Å²) in [4.78, 5) is 2.04. The lowest BCUT2D eigenvalue weighted by atomic mass is 10.00. The van der Waals surface area contributed by atoms with E-state index in [2.05, 4.69) is 48.7 Å². The van der Waals surface area contributed by atoms with Crippen molar-refractivity contribution in [2.24, 2.45) is 0 Å². The van der Waals surface area contributed by atoms with Crippen LogP contribution in [0.3, 0.4) is 0 Å². The monoisotopic (exact) mass is 287 g/mol. The molecule has 0 unspecified atom stereocenters. The molecule has 4 rings (SSSR count). The molecular formula is C20H17NO.